The van der Waals surface area contributed by atoms with Gasteiger partial charge in [0.25, 0.3) is 0 Å². The highest BCUT2D eigenvalue weighted by atomic mass is 32.2. The van der Waals surface area contributed by atoms with Gasteiger partial charge in [0.1, 0.15) is 17.3 Å². The van der Waals surface area contributed by atoms with Gasteiger partial charge in [-0.05, 0) is 68.4 Å². The molecule has 3 N–H and O–H groups in total. The molecule has 0 aromatic heterocycles. The van der Waals surface area contributed by atoms with E-state index in [2.05, 4.69) is 14.9 Å². The summed E-state index contributed by atoms with van der Waals surface area (Å²) in [6.07, 6.45) is 2.54. The molecular weight excluding hydrogens is 588 g/mol. The molecule has 3 heterocycles. The summed E-state index contributed by atoms with van der Waals surface area (Å²) in [7, 11) is -1.93. The van der Waals surface area contributed by atoms with Crippen LogP contribution in [0, 0.1) is 5.92 Å². The Hall–Kier alpha value is -3.39. The van der Waals surface area contributed by atoms with Crippen molar-refractivity contribution in [1.82, 2.24) is 15.1 Å². The smallest absolute Gasteiger partial charge is 0.248 e. The molecule has 3 fully saturated rings. The number of likely N-dealkylation sites (tertiary alicyclic amines) is 1. The van der Waals surface area contributed by atoms with Crippen LogP contribution in [0.25, 0.3) is 0 Å². The number of aliphatic hydroxyl groups is 1. The van der Waals surface area contributed by atoms with Crippen LogP contribution in [-0.2, 0) is 30.9 Å². The van der Waals surface area contributed by atoms with Crippen LogP contribution in [0.2, 0.25) is 0 Å². The maximum absolute atomic E-state index is 13.6. The van der Waals surface area contributed by atoms with Crippen molar-refractivity contribution in [2.75, 3.05) is 50.9 Å². The summed E-state index contributed by atoms with van der Waals surface area (Å²) >= 11 is 0. The van der Waals surface area contributed by atoms with E-state index in [1.807, 2.05) is 31.2 Å². The van der Waals surface area contributed by atoms with E-state index in [0.717, 1.165) is 11.8 Å². The van der Waals surface area contributed by atoms with E-state index >= 15 is 0 Å². The standard InChI is InChI=1S/C31H42N4O8S/c1-4-35-29(37)27(28(36)22-11-17-42-18-12-22)32-30(38)31(35)13-15-34(16-14-31)20-21-5-8-24(9-6-21)43-25-10-7-23(19-26(25)41-2)33-44(3,39)40/h5-10,19,22,27-28,33,36H,4,11-18,20H2,1-3H3,(H,32,38)/t27-,28-/m1/s1. The first-order valence-corrected chi connectivity index (χ1v) is 17.0. The molecule has 3 aliphatic rings. The highest BCUT2D eigenvalue weighted by molar-refractivity contribution is 7.92. The Balaban J connectivity index is 1.18. The molecule has 0 radical (unpaired) electrons. The molecule has 0 bridgehead atoms. The van der Waals surface area contributed by atoms with Crippen LogP contribution in [0.3, 0.4) is 0 Å². The third-order valence-electron chi connectivity index (χ3n) is 8.87. The fraction of sp³-hybridized carbons (Fsp3) is 0.548. The van der Waals surface area contributed by atoms with Crippen LogP contribution < -0.4 is 19.5 Å². The molecule has 0 unspecified atom stereocenters. The van der Waals surface area contributed by atoms with Gasteiger partial charge in [0.05, 0.1) is 25.2 Å². The van der Waals surface area contributed by atoms with Crippen molar-refractivity contribution in [3.05, 3.63) is 48.0 Å². The second-order valence-corrected chi connectivity index (χ2v) is 13.5. The van der Waals surface area contributed by atoms with Crippen molar-refractivity contribution >= 4 is 27.5 Å². The molecule has 3 aliphatic heterocycles. The Morgan fingerprint density at radius 1 is 1.09 bits per heavy atom. The number of carbonyl (C=O) groups is 2. The van der Waals surface area contributed by atoms with Gasteiger partial charge in [-0.15, -0.1) is 0 Å². The van der Waals surface area contributed by atoms with E-state index in [-0.39, 0.29) is 17.7 Å². The summed E-state index contributed by atoms with van der Waals surface area (Å²) in [5.41, 5.74) is 0.543. The van der Waals surface area contributed by atoms with E-state index < -0.39 is 27.7 Å². The fourth-order valence-electron chi connectivity index (χ4n) is 6.51. The first-order valence-electron chi connectivity index (χ1n) is 15.1. The SMILES string of the molecule is CCN1C(=O)[C@@H]([C@H](O)C2CCOCC2)NC(=O)C12CCN(Cc1ccc(Oc3ccc(NS(C)(=O)=O)cc3OC)cc1)CC2. The van der Waals surface area contributed by atoms with Gasteiger partial charge in [-0.25, -0.2) is 8.42 Å². The molecule has 3 saturated heterocycles. The Morgan fingerprint density at radius 3 is 2.39 bits per heavy atom. The molecule has 1 spiro atoms. The van der Waals surface area contributed by atoms with E-state index in [9.17, 15) is 23.1 Å². The quantitative estimate of drug-likeness (QED) is 0.360. The van der Waals surface area contributed by atoms with Gasteiger partial charge in [0, 0.05) is 45.5 Å². The Kier molecular flexibility index (Phi) is 9.68. The molecule has 12 nitrogen and oxygen atoms in total. The number of piperidine rings is 1. The summed E-state index contributed by atoms with van der Waals surface area (Å²) in [4.78, 5) is 31.1. The number of nitrogens with zero attached hydrogens (tertiary/aromatic N) is 2. The van der Waals surface area contributed by atoms with Crippen LogP contribution in [-0.4, -0.2) is 99.0 Å². The van der Waals surface area contributed by atoms with Crippen molar-refractivity contribution in [1.29, 1.82) is 0 Å². The maximum Gasteiger partial charge on any atom is 0.248 e. The fourth-order valence-corrected chi connectivity index (χ4v) is 7.07. The summed E-state index contributed by atoms with van der Waals surface area (Å²) in [5.74, 6) is 0.989. The number of hydrogen-bond donors (Lipinski definition) is 3. The Bertz CT molecular complexity index is 1440. The number of amides is 2. The van der Waals surface area contributed by atoms with Gasteiger partial charge in [-0.2, -0.15) is 0 Å². The predicted octanol–water partition coefficient (Wildman–Crippen LogP) is 2.33. The number of sulfonamides is 1. The summed E-state index contributed by atoms with van der Waals surface area (Å²) in [6, 6.07) is 11.6. The average molecular weight is 631 g/mol. The lowest BCUT2D eigenvalue weighted by Gasteiger charge is -2.52. The first kappa shape index (κ1) is 32.0. The lowest BCUT2D eigenvalue weighted by Crippen LogP contribution is -2.74. The number of rotatable bonds is 10. The second-order valence-electron chi connectivity index (χ2n) is 11.8. The second kappa shape index (κ2) is 13.3. The van der Waals surface area contributed by atoms with Crippen LogP contribution in [0.4, 0.5) is 5.69 Å². The predicted molar refractivity (Wildman–Crippen MR) is 164 cm³/mol. The zero-order valence-corrected chi connectivity index (χ0v) is 26.3. The van der Waals surface area contributed by atoms with Gasteiger partial charge < -0.3 is 29.5 Å². The molecule has 5 rings (SSSR count). The number of anilines is 1. The number of hydrogen-bond acceptors (Lipinski definition) is 9. The van der Waals surface area contributed by atoms with Crippen LogP contribution >= 0.6 is 0 Å². The molecule has 2 atom stereocenters. The number of benzene rings is 2. The largest absolute Gasteiger partial charge is 0.493 e. The molecular formula is C31H42N4O8S. The lowest BCUT2D eigenvalue weighted by molar-refractivity contribution is -0.166. The van der Waals surface area contributed by atoms with Crippen LogP contribution in [0.15, 0.2) is 42.5 Å². The minimum absolute atomic E-state index is 0.0730. The lowest BCUT2D eigenvalue weighted by atomic mass is 9.79. The monoisotopic (exact) mass is 630 g/mol. The number of ether oxygens (including phenoxy) is 3. The van der Waals surface area contributed by atoms with E-state index in [0.29, 0.717) is 88.0 Å². The number of likely N-dealkylation sites (N-methyl/N-ethyl adjacent to an activating group) is 1. The number of piperazine rings is 1. The van der Waals surface area contributed by atoms with Crippen molar-refractivity contribution in [3.63, 3.8) is 0 Å². The molecule has 2 aromatic carbocycles. The molecule has 0 aliphatic carbocycles. The van der Waals surface area contributed by atoms with Crippen LogP contribution in [0.1, 0.15) is 38.2 Å². The minimum atomic E-state index is -3.42. The first-order chi connectivity index (χ1) is 21.0. The molecule has 13 heteroatoms. The summed E-state index contributed by atoms with van der Waals surface area (Å²) in [5, 5.41) is 13.9. The van der Waals surface area contributed by atoms with E-state index in [1.165, 1.54) is 7.11 Å². The van der Waals surface area contributed by atoms with E-state index in [4.69, 9.17) is 14.2 Å². The Morgan fingerprint density at radius 2 is 1.77 bits per heavy atom. The topological polar surface area (TPSA) is 147 Å². The van der Waals surface area contributed by atoms with Crippen molar-refractivity contribution in [2.45, 2.75) is 56.8 Å². The molecule has 0 saturated carbocycles. The minimum Gasteiger partial charge on any atom is -0.493 e. The van der Waals surface area contributed by atoms with Gasteiger partial charge in [-0.1, -0.05) is 12.1 Å². The molecule has 2 aromatic rings. The van der Waals surface area contributed by atoms with Crippen molar-refractivity contribution < 1.29 is 37.3 Å². The number of methoxy groups -OCH3 is 1. The van der Waals surface area contributed by atoms with Crippen LogP contribution in [0.5, 0.6) is 17.2 Å². The zero-order valence-electron chi connectivity index (χ0n) is 25.5. The molecule has 240 valence electrons. The van der Waals surface area contributed by atoms with E-state index in [1.54, 1.807) is 23.1 Å². The number of nitrogens with one attached hydrogen (secondary N) is 2. The molecule has 44 heavy (non-hydrogen) atoms. The van der Waals surface area contributed by atoms with Gasteiger partial charge in [0.15, 0.2) is 11.5 Å². The Labute approximate surface area is 258 Å². The highest BCUT2D eigenvalue weighted by Crippen LogP contribution is 2.36. The zero-order chi connectivity index (χ0) is 31.5. The molecule has 2 amide bonds. The number of aliphatic hydroxyl groups excluding tert-OH is 1. The summed E-state index contributed by atoms with van der Waals surface area (Å²) < 4.78 is 42.3. The van der Waals surface area contributed by atoms with Gasteiger partial charge in [-0.3, -0.25) is 19.2 Å². The summed E-state index contributed by atoms with van der Waals surface area (Å²) in [6.45, 7) is 5.38. The maximum atomic E-state index is 13.6. The van der Waals surface area contributed by atoms with Gasteiger partial charge in [0.2, 0.25) is 21.8 Å². The average Bonchev–Trinajstić information content (AvgIpc) is 3.01. The number of carbonyl (C=O) groups excluding carboxylic acids is 2. The van der Waals surface area contributed by atoms with Crippen molar-refractivity contribution in [3.8, 4) is 17.2 Å². The normalized spacial score (nSPS) is 22.0. The third kappa shape index (κ3) is 6.96. The highest BCUT2D eigenvalue weighted by Gasteiger charge is 2.55. The van der Waals surface area contributed by atoms with Crippen molar-refractivity contribution in [2.24, 2.45) is 5.92 Å². The third-order valence-corrected chi connectivity index (χ3v) is 9.48. The van der Waals surface area contributed by atoms with Gasteiger partial charge >= 0.3 is 0 Å².